The third-order valence-corrected chi connectivity index (χ3v) is 7.81. The molecule has 2 atom stereocenters. The Morgan fingerprint density at radius 2 is 1.93 bits per heavy atom. The summed E-state index contributed by atoms with van der Waals surface area (Å²) in [6.07, 6.45) is 4.97. The van der Waals surface area contributed by atoms with Crippen LogP contribution in [0.1, 0.15) is 49.9 Å². The van der Waals surface area contributed by atoms with Crippen molar-refractivity contribution < 1.29 is 28.2 Å². The number of fused-ring (bicyclic) bond motifs is 4. The summed E-state index contributed by atoms with van der Waals surface area (Å²) in [4.78, 5) is 44.9. The molecule has 0 fully saturated rings. The van der Waals surface area contributed by atoms with Gasteiger partial charge in [0.1, 0.15) is 0 Å². The van der Waals surface area contributed by atoms with Gasteiger partial charge in [0.25, 0.3) is 0 Å². The summed E-state index contributed by atoms with van der Waals surface area (Å²) in [5.41, 5.74) is 4.27. The predicted molar refractivity (Wildman–Crippen MR) is 157 cm³/mol. The van der Waals surface area contributed by atoms with Gasteiger partial charge in [0, 0.05) is 41.5 Å². The average Bonchev–Trinajstić information content (AvgIpc) is 2.99. The number of ether oxygens (including phenoxy) is 2. The highest BCUT2D eigenvalue weighted by Crippen LogP contribution is 2.37. The second-order valence-electron chi connectivity index (χ2n) is 10.5. The Labute approximate surface area is 243 Å². The molecule has 3 aromatic rings. The van der Waals surface area contributed by atoms with Crippen molar-refractivity contribution in [2.75, 3.05) is 31.4 Å². The van der Waals surface area contributed by atoms with Gasteiger partial charge in [0.05, 0.1) is 31.6 Å². The zero-order chi connectivity index (χ0) is 29.8. The minimum atomic E-state index is -0.616. The first kappa shape index (κ1) is 28.8. The van der Waals surface area contributed by atoms with E-state index in [1.54, 1.807) is 41.4 Å². The van der Waals surface area contributed by atoms with E-state index in [2.05, 4.69) is 15.6 Å². The number of anilines is 2. The van der Waals surface area contributed by atoms with Gasteiger partial charge in [-0.3, -0.25) is 19.9 Å². The summed E-state index contributed by atoms with van der Waals surface area (Å²) in [6.45, 7) is 2.26. The molecule has 2 aliphatic rings. The number of carbonyl (C=O) groups excluding carboxylic acids is 3. The van der Waals surface area contributed by atoms with Gasteiger partial charge in [0.15, 0.2) is 11.6 Å². The van der Waals surface area contributed by atoms with Crippen LogP contribution in [0.4, 0.5) is 20.6 Å². The summed E-state index contributed by atoms with van der Waals surface area (Å²) in [5.74, 6) is -0.993. The number of benzene rings is 2. The molecule has 1 aromatic heterocycles. The molecule has 0 saturated carbocycles. The molecule has 0 radical (unpaired) electrons. The fraction of sp³-hybridized carbons (Fsp3) is 0.312. The first-order valence-corrected chi connectivity index (χ1v) is 13.9. The maximum atomic E-state index is 15.0. The van der Waals surface area contributed by atoms with Gasteiger partial charge >= 0.3 is 6.09 Å². The van der Waals surface area contributed by atoms with Crippen molar-refractivity contribution in [2.24, 2.45) is 5.92 Å². The molecule has 2 bridgehead atoms. The number of methoxy groups -OCH3 is 2. The number of hydrogen-bond acceptors (Lipinski definition) is 6. The van der Waals surface area contributed by atoms with Crippen molar-refractivity contribution in [1.29, 1.82) is 0 Å². The van der Waals surface area contributed by atoms with E-state index >= 15 is 0 Å². The molecule has 10 heteroatoms. The summed E-state index contributed by atoms with van der Waals surface area (Å²) in [5, 5.41) is 5.66. The number of carbonyl (C=O) groups is 3. The fourth-order valence-electron chi connectivity index (χ4n) is 5.51. The van der Waals surface area contributed by atoms with Crippen LogP contribution in [0.15, 0.2) is 60.8 Å². The lowest BCUT2D eigenvalue weighted by Gasteiger charge is -2.34. The topological polar surface area (TPSA) is 110 Å². The Bertz CT molecular complexity index is 1560. The maximum absolute atomic E-state index is 15.0. The summed E-state index contributed by atoms with van der Waals surface area (Å²) in [7, 11) is 2.69. The van der Waals surface area contributed by atoms with Gasteiger partial charge in [-0.05, 0) is 60.7 Å². The van der Waals surface area contributed by atoms with Crippen LogP contribution in [-0.4, -0.2) is 48.6 Å². The molecular formula is C32H33FN4O5. The van der Waals surface area contributed by atoms with Crippen molar-refractivity contribution in [3.05, 3.63) is 77.9 Å². The number of nitrogens with zero attached hydrogens (tertiary/aromatic N) is 2. The van der Waals surface area contributed by atoms with E-state index in [4.69, 9.17) is 9.47 Å². The fourth-order valence-corrected chi connectivity index (χ4v) is 5.51. The van der Waals surface area contributed by atoms with Gasteiger partial charge in [-0.1, -0.05) is 31.5 Å². The molecule has 0 unspecified atom stereocenters. The Balaban J connectivity index is 1.51. The largest absolute Gasteiger partial charge is 0.494 e. The molecule has 2 aliphatic heterocycles. The molecule has 0 aliphatic carbocycles. The molecular weight excluding hydrogens is 539 g/mol. The van der Waals surface area contributed by atoms with Crippen molar-refractivity contribution in [1.82, 2.24) is 9.88 Å². The zero-order valence-corrected chi connectivity index (χ0v) is 23.8. The minimum Gasteiger partial charge on any atom is -0.494 e. The molecule has 218 valence electrons. The molecule has 3 heterocycles. The van der Waals surface area contributed by atoms with E-state index in [-0.39, 0.29) is 29.5 Å². The van der Waals surface area contributed by atoms with Crippen LogP contribution in [0.2, 0.25) is 0 Å². The molecule has 42 heavy (non-hydrogen) atoms. The molecule has 2 N–H and O–H groups in total. The number of nitrogens with one attached hydrogen (secondary N) is 2. The Hall–Kier alpha value is -4.73. The average molecular weight is 573 g/mol. The number of halogens is 1. The van der Waals surface area contributed by atoms with Crippen LogP contribution in [-0.2, 0) is 14.3 Å². The number of hydrogen-bond donors (Lipinski definition) is 2. The summed E-state index contributed by atoms with van der Waals surface area (Å²) < 4.78 is 24.8. The Morgan fingerprint density at radius 1 is 1.10 bits per heavy atom. The van der Waals surface area contributed by atoms with Crippen LogP contribution in [0.25, 0.3) is 16.7 Å². The van der Waals surface area contributed by atoms with Crippen LogP contribution in [0, 0.1) is 11.7 Å². The second kappa shape index (κ2) is 12.4. The van der Waals surface area contributed by atoms with Crippen molar-refractivity contribution in [2.45, 2.75) is 38.6 Å². The smallest absolute Gasteiger partial charge is 0.411 e. The van der Waals surface area contributed by atoms with Gasteiger partial charge in [-0.25, -0.2) is 9.18 Å². The number of amides is 3. The zero-order valence-electron chi connectivity index (χ0n) is 23.8. The van der Waals surface area contributed by atoms with E-state index in [9.17, 15) is 18.8 Å². The lowest BCUT2D eigenvalue weighted by Crippen LogP contribution is -2.38. The van der Waals surface area contributed by atoms with Crippen LogP contribution >= 0.6 is 0 Å². The standard InChI is InChI=1S/C32H33FN4O5/c1-19-6-4-8-27(37-15-13-21(17-29(37)38)24-7-5-9-28(41-2)30(24)33)26-16-20(12-14-34-26)23-11-10-22(35-32(40)42-3)18-25(23)36-31(19)39/h5,7,9-12,14,16-19,27H,4,6,8,13,15H2,1-3H3,(H,35,40)(H,36,39)/t19-,27+/m1/s1. The van der Waals surface area contributed by atoms with Crippen LogP contribution < -0.4 is 15.4 Å². The number of aromatic nitrogens is 1. The highest BCUT2D eigenvalue weighted by Gasteiger charge is 2.30. The van der Waals surface area contributed by atoms with Crippen LogP contribution in [0.5, 0.6) is 5.75 Å². The molecule has 0 saturated heterocycles. The molecule has 2 aromatic carbocycles. The quantitative estimate of drug-likeness (QED) is 0.386. The Morgan fingerprint density at radius 3 is 2.69 bits per heavy atom. The van der Waals surface area contributed by atoms with Crippen LogP contribution in [0.3, 0.4) is 0 Å². The van der Waals surface area contributed by atoms with E-state index < -0.39 is 11.9 Å². The van der Waals surface area contributed by atoms with Crippen molar-refractivity contribution >= 4 is 34.9 Å². The van der Waals surface area contributed by atoms with E-state index in [0.29, 0.717) is 54.7 Å². The SMILES string of the molecule is COC(=O)Nc1ccc2c(c1)NC(=O)[C@H](C)CCC[C@H](N1CCC(c3cccc(OC)c3F)=CC1=O)c1cc-2ccn1. The molecule has 5 rings (SSSR count). The first-order valence-electron chi connectivity index (χ1n) is 13.9. The molecule has 3 amide bonds. The third kappa shape index (κ3) is 5.97. The monoisotopic (exact) mass is 572 g/mol. The first-order chi connectivity index (χ1) is 20.3. The Kier molecular flexibility index (Phi) is 8.51. The maximum Gasteiger partial charge on any atom is 0.411 e. The van der Waals surface area contributed by atoms with Gasteiger partial charge in [0.2, 0.25) is 11.8 Å². The lowest BCUT2D eigenvalue weighted by atomic mass is 9.92. The lowest BCUT2D eigenvalue weighted by molar-refractivity contribution is -0.129. The normalized spacial score (nSPS) is 19.0. The van der Waals surface area contributed by atoms with Gasteiger partial charge < -0.3 is 19.7 Å². The number of rotatable bonds is 4. The molecule has 9 nitrogen and oxygen atoms in total. The second-order valence-corrected chi connectivity index (χ2v) is 10.5. The summed E-state index contributed by atoms with van der Waals surface area (Å²) >= 11 is 0. The van der Waals surface area contributed by atoms with E-state index in [0.717, 1.165) is 16.8 Å². The predicted octanol–water partition coefficient (Wildman–Crippen LogP) is 6.19. The number of pyridine rings is 1. The van der Waals surface area contributed by atoms with Crippen molar-refractivity contribution in [3.8, 4) is 16.9 Å². The highest BCUT2D eigenvalue weighted by atomic mass is 19.1. The van der Waals surface area contributed by atoms with Crippen molar-refractivity contribution in [3.63, 3.8) is 0 Å². The van der Waals surface area contributed by atoms with E-state index in [1.807, 2.05) is 25.1 Å². The third-order valence-electron chi connectivity index (χ3n) is 7.81. The highest BCUT2D eigenvalue weighted by molar-refractivity contribution is 5.99. The van der Waals surface area contributed by atoms with Gasteiger partial charge in [-0.15, -0.1) is 0 Å². The van der Waals surface area contributed by atoms with E-state index in [1.165, 1.54) is 20.3 Å². The van der Waals surface area contributed by atoms with Gasteiger partial charge in [-0.2, -0.15) is 0 Å². The summed E-state index contributed by atoms with van der Waals surface area (Å²) in [6, 6.07) is 13.6. The minimum absolute atomic E-state index is 0.134. The molecule has 0 spiro atoms.